The number of aromatic nitrogens is 3. The molecule has 0 spiro atoms. The number of anilines is 1. The number of aryl methyl sites for hydroxylation is 2. The molecule has 0 saturated carbocycles. The Hall–Kier alpha value is -1.34. The lowest BCUT2D eigenvalue weighted by Gasteiger charge is -2.02. The minimum Gasteiger partial charge on any atom is -0.383 e. The fourth-order valence-electron chi connectivity index (χ4n) is 1.90. The Morgan fingerprint density at radius 3 is 2.85 bits per heavy atom. The molecule has 2 rings (SSSR count). The minimum absolute atomic E-state index is 0.534. The maximum Gasteiger partial charge on any atom is 0.225 e. The summed E-state index contributed by atoms with van der Waals surface area (Å²) in [6.07, 6.45) is 4.37. The summed E-state index contributed by atoms with van der Waals surface area (Å²) in [7, 11) is -0.752. The lowest BCUT2D eigenvalue weighted by Crippen LogP contribution is -2.35. The van der Waals surface area contributed by atoms with E-state index in [0.29, 0.717) is 23.9 Å². The van der Waals surface area contributed by atoms with Crippen molar-refractivity contribution in [2.24, 2.45) is 0 Å². The van der Waals surface area contributed by atoms with E-state index in [2.05, 4.69) is 27.0 Å². The number of hydrogen-bond donors (Lipinski definition) is 1. The molecule has 7 heteroatoms. The average molecular weight is 311 g/mol. The molecule has 0 aromatic carbocycles. The third-order valence-corrected chi connectivity index (χ3v) is 5.06. The van der Waals surface area contributed by atoms with Crippen LogP contribution in [0.5, 0.6) is 0 Å². The third-order valence-electron chi connectivity index (χ3n) is 3.13. The number of hydrogen-bond acceptors (Lipinski definition) is 5. The third kappa shape index (κ3) is 3.61. The van der Waals surface area contributed by atoms with Gasteiger partial charge >= 0.3 is 0 Å². The molecule has 2 heterocycles. The summed E-state index contributed by atoms with van der Waals surface area (Å²) in [4.78, 5) is 9.64. The first-order valence-corrected chi connectivity index (χ1v) is 8.92. The van der Waals surface area contributed by atoms with Crippen molar-refractivity contribution in [3.8, 4) is 0 Å². The molecule has 5 nitrogen and oxygen atoms in total. The highest BCUT2D eigenvalue weighted by Crippen LogP contribution is 2.14. The van der Waals surface area contributed by atoms with E-state index in [1.807, 2.05) is 6.92 Å². The molecule has 0 amide bonds. The van der Waals surface area contributed by atoms with E-state index in [9.17, 15) is 4.21 Å². The Morgan fingerprint density at radius 2 is 2.20 bits per heavy atom. The van der Waals surface area contributed by atoms with Crippen LogP contribution >= 0.6 is 11.3 Å². The number of thiazole rings is 1. The van der Waals surface area contributed by atoms with E-state index in [1.165, 1.54) is 10.6 Å². The Labute approximate surface area is 125 Å². The van der Waals surface area contributed by atoms with Crippen LogP contribution in [-0.4, -0.2) is 26.2 Å². The molecule has 0 bridgehead atoms. The Morgan fingerprint density at radius 1 is 1.45 bits per heavy atom. The fourth-order valence-corrected chi connectivity index (χ4v) is 3.52. The molecular formula is C13H19N4OS2+. The van der Waals surface area contributed by atoms with Crippen molar-refractivity contribution in [2.75, 3.05) is 17.7 Å². The molecule has 20 heavy (non-hydrogen) atoms. The predicted molar refractivity (Wildman–Crippen MR) is 82.2 cm³/mol. The van der Waals surface area contributed by atoms with Crippen molar-refractivity contribution in [1.82, 2.24) is 9.97 Å². The first kappa shape index (κ1) is 15.1. The smallest absolute Gasteiger partial charge is 0.225 e. The van der Waals surface area contributed by atoms with Gasteiger partial charge in [0.05, 0.1) is 10.4 Å². The van der Waals surface area contributed by atoms with E-state index in [4.69, 9.17) is 5.73 Å². The van der Waals surface area contributed by atoms with Crippen molar-refractivity contribution in [1.29, 1.82) is 0 Å². The summed E-state index contributed by atoms with van der Waals surface area (Å²) < 4.78 is 13.3. The summed E-state index contributed by atoms with van der Waals surface area (Å²) in [5, 5.41) is 0. The van der Waals surface area contributed by atoms with Crippen LogP contribution in [0.4, 0.5) is 5.82 Å². The monoisotopic (exact) mass is 311 g/mol. The highest BCUT2D eigenvalue weighted by Gasteiger charge is 2.17. The van der Waals surface area contributed by atoms with Gasteiger partial charge in [-0.15, -0.1) is 0 Å². The van der Waals surface area contributed by atoms with E-state index >= 15 is 0 Å². The van der Waals surface area contributed by atoms with Gasteiger partial charge in [-0.2, -0.15) is 4.57 Å². The predicted octanol–water partition coefficient (Wildman–Crippen LogP) is 0.994. The van der Waals surface area contributed by atoms with Gasteiger partial charge < -0.3 is 5.73 Å². The van der Waals surface area contributed by atoms with Gasteiger partial charge in [0.25, 0.3) is 0 Å². The van der Waals surface area contributed by atoms with Crippen LogP contribution in [0.15, 0.2) is 11.7 Å². The van der Waals surface area contributed by atoms with Gasteiger partial charge in [-0.25, -0.2) is 9.97 Å². The Balaban J connectivity index is 2.15. The molecule has 0 radical (unpaired) electrons. The van der Waals surface area contributed by atoms with Gasteiger partial charge in [0.1, 0.15) is 11.6 Å². The maximum atomic E-state index is 11.2. The van der Waals surface area contributed by atoms with Gasteiger partial charge in [0.2, 0.25) is 5.51 Å². The molecule has 108 valence electrons. The van der Waals surface area contributed by atoms with Crippen molar-refractivity contribution >= 4 is 28.0 Å². The molecule has 0 aliphatic heterocycles. The van der Waals surface area contributed by atoms with E-state index in [0.717, 1.165) is 12.0 Å². The van der Waals surface area contributed by atoms with Gasteiger partial charge in [-0.05, 0) is 13.3 Å². The topological polar surface area (TPSA) is 72.8 Å². The Kier molecular flexibility index (Phi) is 4.82. The zero-order valence-corrected chi connectivity index (χ0v) is 13.6. The van der Waals surface area contributed by atoms with Gasteiger partial charge in [0.15, 0.2) is 12.2 Å². The number of nitrogens with zero attached hydrogens (tertiary/aromatic N) is 3. The van der Waals surface area contributed by atoms with Crippen molar-refractivity contribution in [2.45, 2.75) is 26.8 Å². The molecule has 0 aliphatic carbocycles. The molecule has 0 saturated heterocycles. The molecule has 2 N–H and O–H groups in total. The van der Waals surface area contributed by atoms with Crippen molar-refractivity contribution in [3.05, 3.63) is 33.7 Å². The normalized spacial score (nSPS) is 12.6. The molecule has 2 aromatic rings. The first-order valence-electron chi connectivity index (χ1n) is 6.31. The van der Waals surface area contributed by atoms with E-state index in [1.54, 1.807) is 23.8 Å². The lowest BCUT2D eigenvalue weighted by atomic mass is 10.2. The number of nitrogens with two attached hydrogens (primary N) is 1. The van der Waals surface area contributed by atoms with Crippen LogP contribution < -0.4 is 10.3 Å². The Bertz CT molecular complexity index is 639. The van der Waals surface area contributed by atoms with Crippen LogP contribution in [0, 0.1) is 13.8 Å². The SMILES string of the molecule is Cc1ncc(C[n+]2csc(CCS(C)=O)c2C)c(N)n1. The summed E-state index contributed by atoms with van der Waals surface area (Å²) >= 11 is 1.69. The van der Waals surface area contributed by atoms with Crippen LogP contribution in [0.25, 0.3) is 0 Å². The van der Waals surface area contributed by atoms with Crippen molar-refractivity contribution in [3.63, 3.8) is 0 Å². The zero-order valence-electron chi connectivity index (χ0n) is 11.9. The van der Waals surface area contributed by atoms with Crippen LogP contribution in [-0.2, 0) is 23.8 Å². The van der Waals surface area contributed by atoms with Gasteiger partial charge in [-0.3, -0.25) is 4.21 Å². The van der Waals surface area contributed by atoms with E-state index in [-0.39, 0.29) is 0 Å². The fraction of sp³-hybridized carbons (Fsp3) is 0.462. The van der Waals surface area contributed by atoms with Gasteiger partial charge in [-0.1, -0.05) is 11.3 Å². The molecule has 2 aromatic heterocycles. The number of rotatable bonds is 5. The second-order valence-electron chi connectivity index (χ2n) is 4.71. The second-order valence-corrected chi connectivity index (χ2v) is 7.21. The maximum absolute atomic E-state index is 11.2. The molecule has 1 atom stereocenters. The van der Waals surface area contributed by atoms with Crippen LogP contribution in [0.3, 0.4) is 0 Å². The second kappa shape index (κ2) is 6.41. The van der Waals surface area contributed by atoms with Crippen LogP contribution in [0.2, 0.25) is 0 Å². The van der Waals surface area contributed by atoms with Crippen molar-refractivity contribution < 1.29 is 8.78 Å². The molecular weight excluding hydrogens is 292 g/mol. The lowest BCUT2D eigenvalue weighted by molar-refractivity contribution is -0.689. The highest BCUT2D eigenvalue weighted by atomic mass is 32.2. The van der Waals surface area contributed by atoms with E-state index < -0.39 is 10.8 Å². The molecule has 1 unspecified atom stereocenters. The minimum atomic E-state index is -0.752. The summed E-state index contributed by atoms with van der Waals surface area (Å²) in [5.74, 6) is 1.92. The molecule has 0 fully saturated rings. The highest BCUT2D eigenvalue weighted by molar-refractivity contribution is 7.84. The summed E-state index contributed by atoms with van der Waals surface area (Å²) in [6.45, 7) is 4.57. The summed E-state index contributed by atoms with van der Waals surface area (Å²) in [5.41, 5.74) is 10.1. The van der Waals surface area contributed by atoms with Gasteiger partial charge in [0, 0.05) is 35.9 Å². The van der Waals surface area contributed by atoms with Crippen LogP contribution in [0.1, 0.15) is 22.0 Å². The number of nitrogen functional groups attached to an aromatic ring is 1. The first-order chi connectivity index (χ1) is 9.47. The average Bonchev–Trinajstić information content (AvgIpc) is 2.72. The summed E-state index contributed by atoms with van der Waals surface area (Å²) in [6, 6.07) is 0. The zero-order chi connectivity index (χ0) is 14.7. The quantitative estimate of drug-likeness (QED) is 0.836. The largest absolute Gasteiger partial charge is 0.383 e. The molecule has 0 aliphatic rings. The standard InChI is InChI=1S/C13H19N4OS2/c1-9-12(4-5-20(3)18)19-8-17(9)7-11-6-15-10(2)16-13(11)14/h6,8H,4-5,7H2,1-3H3,(H2,14,15,16)/q+1.